The van der Waals surface area contributed by atoms with Gasteiger partial charge in [0, 0.05) is 55.9 Å². The molecule has 0 saturated carbocycles. The Kier molecular flexibility index (Phi) is 7.91. The smallest absolute Gasteiger partial charge is 0.139 e. The number of fused-ring (bicyclic) bond motifs is 1. The number of hydrogen-bond acceptors (Lipinski definition) is 6. The van der Waals surface area contributed by atoms with Crippen LogP contribution in [0.4, 0.5) is 5.69 Å². The summed E-state index contributed by atoms with van der Waals surface area (Å²) in [6, 6.07) is 18.0. The van der Waals surface area contributed by atoms with E-state index >= 15 is 0 Å². The van der Waals surface area contributed by atoms with Crippen LogP contribution in [0.5, 0.6) is 5.75 Å². The van der Waals surface area contributed by atoms with Gasteiger partial charge in [0.1, 0.15) is 29.0 Å². The molecular weight excluding hydrogens is 450 g/mol. The molecule has 1 fully saturated rings. The molecule has 0 bridgehead atoms. The van der Waals surface area contributed by atoms with Crippen molar-refractivity contribution in [2.75, 3.05) is 38.1 Å². The monoisotopic (exact) mass is 491 g/mol. The number of anilines is 1. The Morgan fingerprint density at radius 1 is 1.08 bits per heavy atom. The fraction of sp³-hybridized carbons (Fsp3) is 0.483. The number of aliphatic imine (C=N–C) groups is 1. The molecule has 2 aromatic carbocycles. The van der Waals surface area contributed by atoms with Crippen LogP contribution in [0, 0.1) is 0 Å². The van der Waals surface area contributed by atoms with Crippen molar-refractivity contribution in [3.8, 4) is 5.75 Å². The van der Waals surface area contributed by atoms with Gasteiger partial charge in [0.05, 0.1) is 0 Å². The second kappa shape index (κ2) is 10.9. The number of piperazine rings is 1. The predicted octanol–water partition coefficient (Wildman–Crippen LogP) is 5.43. The first-order valence-electron chi connectivity index (χ1n) is 13.0. The van der Waals surface area contributed by atoms with Crippen LogP contribution in [0.3, 0.4) is 0 Å². The van der Waals surface area contributed by atoms with Crippen molar-refractivity contribution >= 4 is 22.5 Å². The normalized spacial score (nSPS) is 17.4. The minimum atomic E-state index is -0.184. The lowest BCUT2D eigenvalue weighted by molar-refractivity contribution is 0.117. The van der Waals surface area contributed by atoms with Gasteiger partial charge in [-0.2, -0.15) is 0 Å². The molecule has 0 aliphatic carbocycles. The van der Waals surface area contributed by atoms with E-state index in [0.29, 0.717) is 11.8 Å². The Hall–Kier alpha value is -3.03. The number of para-hydroxylation sites is 1. The fourth-order valence-corrected chi connectivity index (χ4v) is 4.77. The molecule has 194 valence electrons. The highest BCUT2D eigenvalue weighted by Crippen LogP contribution is 2.33. The molecule has 3 aromatic rings. The third-order valence-corrected chi connectivity index (χ3v) is 6.94. The molecule has 1 aromatic heterocycles. The van der Waals surface area contributed by atoms with Gasteiger partial charge in [-0.25, -0.2) is 5.43 Å². The zero-order valence-corrected chi connectivity index (χ0v) is 22.5. The standard InChI is InChI=1S/C29H41N5O2/c1-7-21(2)31-34(29(3,4)5)28(30-6)27(26-20-22-10-8-9-11-25(22)36-26)33-18-16-32(17-19-33)23-12-14-24(35)15-13-23/h8-15,20-21,27,31,35H,7,16-19H2,1-6H3/t21-,27?/m0/s1. The molecule has 0 spiro atoms. The second-order valence-corrected chi connectivity index (χ2v) is 10.7. The summed E-state index contributed by atoms with van der Waals surface area (Å²) in [4.78, 5) is 9.74. The summed E-state index contributed by atoms with van der Waals surface area (Å²) in [5.41, 5.74) is 5.56. The quantitative estimate of drug-likeness (QED) is 0.261. The van der Waals surface area contributed by atoms with E-state index in [-0.39, 0.29) is 11.6 Å². The topological polar surface area (TPSA) is 67.5 Å². The zero-order valence-electron chi connectivity index (χ0n) is 22.5. The summed E-state index contributed by atoms with van der Waals surface area (Å²) in [7, 11) is 1.88. The molecule has 2 heterocycles. The van der Waals surface area contributed by atoms with Gasteiger partial charge in [-0.15, -0.1) is 0 Å². The summed E-state index contributed by atoms with van der Waals surface area (Å²) in [6.07, 6.45) is 1.02. The predicted molar refractivity (Wildman–Crippen MR) is 149 cm³/mol. The van der Waals surface area contributed by atoms with Crippen LogP contribution in [0.1, 0.15) is 52.8 Å². The van der Waals surface area contributed by atoms with Gasteiger partial charge in [-0.1, -0.05) is 25.1 Å². The molecule has 36 heavy (non-hydrogen) atoms. The Labute approximate surface area is 215 Å². The Balaban J connectivity index is 1.68. The minimum Gasteiger partial charge on any atom is -0.508 e. The van der Waals surface area contributed by atoms with Gasteiger partial charge in [-0.05, 0) is 70.5 Å². The number of rotatable bonds is 7. The lowest BCUT2D eigenvalue weighted by Crippen LogP contribution is -2.60. The van der Waals surface area contributed by atoms with Crippen molar-refractivity contribution < 1.29 is 9.52 Å². The largest absolute Gasteiger partial charge is 0.508 e. The van der Waals surface area contributed by atoms with Crippen molar-refractivity contribution in [3.05, 3.63) is 60.4 Å². The van der Waals surface area contributed by atoms with E-state index in [4.69, 9.17) is 9.41 Å². The van der Waals surface area contributed by atoms with E-state index in [1.807, 2.05) is 37.4 Å². The highest BCUT2D eigenvalue weighted by molar-refractivity contribution is 5.90. The van der Waals surface area contributed by atoms with Crippen LogP contribution in [0.2, 0.25) is 0 Å². The number of benzene rings is 2. The molecular formula is C29H41N5O2. The van der Waals surface area contributed by atoms with Crippen molar-refractivity contribution in [1.29, 1.82) is 0 Å². The van der Waals surface area contributed by atoms with E-state index in [2.05, 4.69) is 67.0 Å². The number of furan rings is 1. The maximum Gasteiger partial charge on any atom is 0.139 e. The minimum absolute atomic E-state index is 0.125. The molecule has 7 heteroatoms. The highest BCUT2D eigenvalue weighted by atomic mass is 16.3. The first kappa shape index (κ1) is 26.0. The number of phenolic OH excluding ortho intramolecular Hbond substituents is 1. The van der Waals surface area contributed by atoms with Crippen molar-refractivity contribution in [2.24, 2.45) is 4.99 Å². The third-order valence-electron chi connectivity index (χ3n) is 6.94. The number of nitrogens with zero attached hydrogens (tertiary/aromatic N) is 4. The lowest BCUT2D eigenvalue weighted by Gasteiger charge is -2.46. The molecule has 1 saturated heterocycles. The van der Waals surface area contributed by atoms with Crippen LogP contribution >= 0.6 is 0 Å². The molecule has 0 amide bonds. The summed E-state index contributed by atoms with van der Waals surface area (Å²) in [5.74, 6) is 2.16. The Bertz CT molecular complexity index is 1120. The lowest BCUT2D eigenvalue weighted by atomic mass is 10.0. The molecule has 2 atom stereocenters. The molecule has 7 nitrogen and oxygen atoms in total. The fourth-order valence-electron chi connectivity index (χ4n) is 4.77. The maximum atomic E-state index is 9.68. The van der Waals surface area contributed by atoms with Gasteiger partial charge in [-0.3, -0.25) is 14.9 Å². The number of phenols is 1. The molecule has 1 unspecified atom stereocenters. The van der Waals surface area contributed by atoms with Gasteiger partial charge >= 0.3 is 0 Å². The van der Waals surface area contributed by atoms with Crippen molar-refractivity contribution in [3.63, 3.8) is 0 Å². The average molecular weight is 492 g/mol. The summed E-state index contributed by atoms with van der Waals surface area (Å²) in [5, 5.41) is 13.0. The van der Waals surface area contributed by atoms with Crippen LogP contribution in [0.25, 0.3) is 11.0 Å². The molecule has 0 radical (unpaired) electrons. The van der Waals surface area contributed by atoms with Crippen LogP contribution in [-0.2, 0) is 0 Å². The summed E-state index contributed by atoms with van der Waals surface area (Å²) in [6.45, 7) is 14.5. The maximum absolute atomic E-state index is 9.68. The van der Waals surface area contributed by atoms with Crippen molar-refractivity contribution in [1.82, 2.24) is 15.3 Å². The number of amidine groups is 1. The van der Waals surface area contributed by atoms with Gasteiger partial charge < -0.3 is 14.4 Å². The number of hydrogen-bond donors (Lipinski definition) is 2. The number of hydrazine groups is 1. The van der Waals surface area contributed by atoms with E-state index in [9.17, 15) is 5.11 Å². The van der Waals surface area contributed by atoms with Crippen LogP contribution in [0.15, 0.2) is 64.0 Å². The average Bonchev–Trinajstić information content (AvgIpc) is 3.29. The van der Waals surface area contributed by atoms with E-state index < -0.39 is 0 Å². The van der Waals surface area contributed by atoms with E-state index in [0.717, 1.165) is 60.9 Å². The van der Waals surface area contributed by atoms with E-state index in [1.165, 1.54) is 0 Å². The highest BCUT2D eigenvalue weighted by Gasteiger charge is 2.38. The summed E-state index contributed by atoms with van der Waals surface area (Å²) >= 11 is 0. The van der Waals surface area contributed by atoms with Crippen molar-refractivity contribution in [2.45, 2.75) is 58.7 Å². The Morgan fingerprint density at radius 2 is 1.75 bits per heavy atom. The summed E-state index contributed by atoms with van der Waals surface area (Å²) < 4.78 is 6.47. The van der Waals surface area contributed by atoms with Gasteiger partial charge in [0.25, 0.3) is 0 Å². The third kappa shape index (κ3) is 5.68. The number of aromatic hydroxyl groups is 1. The van der Waals surface area contributed by atoms with E-state index in [1.54, 1.807) is 12.1 Å². The molecule has 4 rings (SSSR count). The first-order valence-corrected chi connectivity index (χ1v) is 13.0. The molecule has 1 aliphatic heterocycles. The van der Waals surface area contributed by atoms with Gasteiger partial charge in [0.2, 0.25) is 0 Å². The molecule has 2 N–H and O–H groups in total. The van der Waals surface area contributed by atoms with Crippen LogP contribution in [-0.4, -0.2) is 65.7 Å². The Morgan fingerprint density at radius 3 is 2.33 bits per heavy atom. The van der Waals surface area contributed by atoms with Gasteiger partial charge in [0.15, 0.2) is 0 Å². The zero-order chi connectivity index (χ0) is 25.9. The molecule has 1 aliphatic rings. The first-order chi connectivity index (χ1) is 17.2. The second-order valence-electron chi connectivity index (χ2n) is 10.7. The van der Waals surface area contributed by atoms with Crippen LogP contribution < -0.4 is 10.3 Å². The SMILES string of the molecule is CC[C@H](C)NN(C(=NC)C(c1cc2ccccc2o1)N1CCN(c2ccc(O)cc2)CC1)C(C)(C)C. The number of nitrogens with one attached hydrogen (secondary N) is 1.